The minimum Gasteiger partial charge on any atom is -0.489 e. The lowest BCUT2D eigenvalue weighted by Crippen LogP contribution is -2.04. The zero-order valence-electron chi connectivity index (χ0n) is 9.66. The Hall–Kier alpha value is -1.97. The lowest BCUT2D eigenvalue weighted by Gasteiger charge is -2.11. The smallest absolute Gasteiger partial charge is 0.155 e. The number of hydrogen-bond acceptors (Lipinski definition) is 2. The van der Waals surface area contributed by atoms with Crippen molar-refractivity contribution in [3.63, 3.8) is 0 Å². The van der Waals surface area contributed by atoms with Gasteiger partial charge in [-0.15, -0.1) is 0 Å². The first-order valence-corrected chi connectivity index (χ1v) is 5.62. The van der Waals surface area contributed by atoms with Crippen LogP contribution < -0.4 is 4.74 Å². The highest BCUT2D eigenvalue weighted by atomic mass is 19.1. The molecule has 0 heterocycles. The third-order valence-electron chi connectivity index (χ3n) is 2.69. The molecule has 4 heteroatoms. The molecule has 0 spiro atoms. The number of hydrogen-bond donors (Lipinski definition) is 0. The van der Waals surface area contributed by atoms with Crippen LogP contribution in [0.4, 0.5) is 8.78 Å². The van der Waals surface area contributed by atoms with E-state index >= 15 is 0 Å². The van der Waals surface area contributed by atoms with Gasteiger partial charge in [-0.2, -0.15) is 0 Å². The van der Waals surface area contributed by atoms with Crippen LogP contribution in [0.2, 0.25) is 0 Å². The molecule has 94 valence electrons. The Bertz CT molecular complexity index is 496. The number of allylic oxidation sites excluding steroid dienone is 3. The molecule has 1 aromatic rings. The van der Waals surface area contributed by atoms with Gasteiger partial charge in [0.1, 0.15) is 24.0 Å². The zero-order valence-corrected chi connectivity index (χ0v) is 9.66. The van der Waals surface area contributed by atoms with Gasteiger partial charge in [-0.25, -0.2) is 8.78 Å². The van der Waals surface area contributed by atoms with E-state index in [4.69, 9.17) is 4.74 Å². The molecular formula is C14H12F2O2. The maximum atomic E-state index is 13.3. The highest BCUT2D eigenvalue weighted by molar-refractivity contribution is 5.75. The first-order chi connectivity index (χ1) is 8.70. The molecule has 0 aliphatic heterocycles. The summed E-state index contributed by atoms with van der Waals surface area (Å²) in [6.45, 7) is 0.295. The third-order valence-corrected chi connectivity index (χ3v) is 2.69. The van der Waals surface area contributed by atoms with Crippen LogP contribution >= 0.6 is 0 Å². The van der Waals surface area contributed by atoms with E-state index < -0.39 is 17.2 Å². The van der Waals surface area contributed by atoms with Gasteiger partial charge >= 0.3 is 0 Å². The van der Waals surface area contributed by atoms with Crippen molar-refractivity contribution < 1.29 is 18.3 Å². The summed E-state index contributed by atoms with van der Waals surface area (Å²) in [6.07, 6.45) is 7.88. The van der Waals surface area contributed by atoms with Gasteiger partial charge < -0.3 is 4.74 Å². The van der Waals surface area contributed by atoms with Gasteiger partial charge in [0, 0.05) is 12.1 Å². The second kappa shape index (κ2) is 5.58. The molecule has 0 aromatic heterocycles. The fourth-order valence-corrected chi connectivity index (χ4v) is 1.71. The summed E-state index contributed by atoms with van der Waals surface area (Å²) in [5.74, 6) is -1.72. The van der Waals surface area contributed by atoms with Crippen LogP contribution in [-0.2, 0) is 0 Å². The molecule has 0 N–H and O–H groups in total. The number of benzene rings is 1. The summed E-state index contributed by atoms with van der Waals surface area (Å²) >= 11 is 0. The molecular weight excluding hydrogens is 238 g/mol. The second-order valence-electron chi connectivity index (χ2n) is 4.00. The average molecular weight is 250 g/mol. The minimum atomic E-state index is -0.905. The SMILES string of the molecule is O=Cc1c(F)cc(OCC2=CC=CCC2)cc1F. The molecule has 0 atom stereocenters. The summed E-state index contributed by atoms with van der Waals surface area (Å²) in [5, 5.41) is 0. The van der Waals surface area contributed by atoms with E-state index in [1.165, 1.54) is 0 Å². The van der Waals surface area contributed by atoms with Crippen molar-refractivity contribution in [2.75, 3.05) is 6.61 Å². The first kappa shape index (κ1) is 12.5. The summed E-state index contributed by atoms with van der Waals surface area (Å²) < 4.78 is 31.9. The molecule has 0 amide bonds. The van der Waals surface area contributed by atoms with Crippen molar-refractivity contribution in [1.29, 1.82) is 0 Å². The summed E-state index contributed by atoms with van der Waals surface area (Å²) in [6, 6.07) is 2.04. The van der Waals surface area contributed by atoms with Crippen LogP contribution in [0.15, 0.2) is 35.9 Å². The quantitative estimate of drug-likeness (QED) is 0.765. The standard InChI is InChI=1S/C14H12F2O2/c15-13-6-11(7-14(16)12(13)8-17)18-9-10-4-2-1-3-5-10/h1-2,4,6-8H,3,5,9H2. The van der Waals surface area contributed by atoms with Gasteiger partial charge in [-0.1, -0.05) is 18.2 Å². The fourth-order valence-electron chi connectivity index (χ4n) is 1.71. The van der Waals surface area contributed by atoms with Crippen molar-refractivity contribution in [3.8, 4) is 5.75 Å². The van der Waals surface area contributed by atoms with Crippen molar-refractivity contribution in [1.82, 2.24) is 0 Å². The van der Waals surface area contributed by atoms with Gasteiger partial charge in [0.25, 0.3) is 0 Å². The van der Waals surface area contributed by atoms with Crippen LogP contribution in [0.3, 0.4) is 0 Å². The molecule has 0 saturated heterocycles. The van der Waals surface area contributed by atoms with Gasteiger partial charge in [-0.05, 0) is 18.4 Å². The number of halogens is 2. The molecule has 0 unspecified atom stereocenters. The van der Waals surface area contributed by atoms with Gasteiger partial charge in [0.15, 0.2) is 6.29 Å². The number of ether oxygens (including phenoxy) is 1. The van der Waals surface area contributed by atoms with Gasteiger partial charge in [0.05, 0.1) is 5.56 Å². The maximum Gasteiger partial charge on any atom is 0.155 e. The highest BCUT2D eigenvalue weighted by Gasteiger charge is 2.11. The highest BCUT2D eigenvalue weighted by Crippen LogP contribution is 2.21. The summed E-state index contributed by atoms with van der Waals surface area (Å²) in [7, 11) is 0. The van der Waals surface area contributed by atoms with Crippen LogP contribution in [0.1, 0.15) is 23.2 Å². The van der Waals surface area contributed by atoms with Crippen LogP contribution in [-0.4, -0.2) is 12.9 Å². The molecule has 1 aliphatic rings. The Kier molecular flexibility index (Phi) is 3.87. The van der Waals surface area contributed by atoms with E-state index in [9.17, 15) is 13.6 Å². The normalized spacial score (nSPS) is 14.2. The van der Waals surface area contributed by atoms with Crippen molar-refractivity contribution >= 4 is 6.29 Å². The zero-order chi connectivity index (χ0) is 13.0. The maximum absolute atomic E-state index is 13.3. The third kappa shape index (κ3) is 2.83. The Morgan fingerprint density at radius 2 is 2.00 bits per heavy atom. The Labute approximate surface area is 104 Å². The molecule has 2 nitrogen and oxygen atoms in total. The molecule has 0 radical (unpaired) electrons. The van der Waals surface area contributed by atoms with E-state index in [1.807, 2.05) is 18.2 Å². The average Bonchev–Trinajstić information content (AvgIpc) is 2.37. The minimum absolute atomic E-state index is 0.0889. The second-order valence-corrected chi connectivity index (χ2v) is 4.00. The number of rotatable bonds is 4. The lowest BCUT2D eigenvalue weighted by molar-refractivity contribution is 0.111. The molecule has 1 aliphatic carbocycles. The van der Waals surface area contributed by atoms with Crippen LogP contribution in [0.5, 0.6) is 5.75 Å². The van der Waals surface area contributed by atoms with E-state index in [-0.39, 0.29) is 12.0 Å². The van der Waals surface area contributed by atoms with Crippen LogP contribution in [0, 0.1) is 11.6 Å². The largest absolute Gasteiger partial charge is 0.489 e. The summed E-state index contributed by atoms with van der Waals surface area (Å²) in [4.78, 5) is 10.4. The first-order valence-electron chi connectivity index (χ1n) is 5.62. The van der Waals surface area contributed by atoms with Crippen molar-refractivity contribution in [2.45, 2.75) is 12.8 Å². The van der Waals surface area contributed by atoms with Gasteiger partial charge in [-0.3, -0.25) is 4.79 Å². The summed E-state index contributed by atoms with van der Waals surface area (Å²) in [5.41, 5.74) is 0.500. The van der Waals surface area contributed by atoms with E-state index in [0.717, 1.165) is 30.5 Å². The number of carbonyl (C=O) groups excluding carboxylic acids is 1. The van der Waals surface area contributed by atoms with E-state index in [1.54, 1.807) is 0 Å². The Morgan fingerprint density at radius 1 is 1.28 bits per heavy atom. The monoisotopic (exact) mass is 250 g/mol. The molecule has 0 fully saturated rings. The van der Waals surface area contributed by atoms with Crippen molar-refractivity contribution in [2.24, 2.45) is 0 Å². The molecule has 0 bridgehead atoms. The van der Waals surface area contributed by atoms with Crippen molar-refractivity contribution in [3.05, 3.63) is 53.1 Å². The molecule has 18 heavy (non-hydrogen) atoms. The number of aldehydes is 1. The van der Waals surface area contributed by atoms with Crippen LogP contribution in [0.25, 0.3) is 0 Å². The predicted molar refractivity (Wildman–Crippen MR) is 63.7 cm³/mol. The number of carbonyl (C=O) groups is 1. The predicted octanol–water partition coefficient (Wildman–Crippen LogP) is 3.43. The molecule has 2 rings (SSSR count). The molecule has 1 aromatic carbocycles. The topological polar surface area (TPSA) is 26.3 Å². The lowest BCUT2D eigenvalue weighted by atomic mass is 10.1. The van der Waals surface area contributed by atoms with E-state index in [2.05, 4.69) is 0 Å². The molecule has 0 saturated carbocycles. The van der Waals surface area contributed by atoms with Gasteiger partial charge in [0.2, 0.25) is 0 Å². The fraction of sp³-hybridized carbons (Fsp3) is 0.214. The Balaban J connectivity index is 2.08. The van der Waals surface area contributed by atoms with E-state index in [0.29, 0.717) is 6.61 Å². The Morgan fingerprint density at radius 3 is 2.56 bits per heavy atom.